The van der Waals surface area contributed by atoms with Crippen LogP contribution in [0.15, 0.2) is 0 Å². The zero-order valence-electron chi connectivity index (χ0n) is 7.84. The molecule has 2 aliphatic carbocycles. The third kappa shape index (κ3) is 1.32. The minimum absolute atomic E-state index is 1.03. The molecule has 0 bridgehead atoms. The normalized spacial score (nSPS) is 44.7. The summed E-state index contributed by atoms with van der Waals surface area (Å²) in [6, 6.07) is 0. The van der Waals surface area contributed by atoms with E-state index in [1.807, 2.05) is 0 Å². The summed E-state index contributed by atoms with van der Waals surface area (Å²) in [5.74, 6) is 4.41. The number of hydrogen-bond acceptors (Lipinski definition) is 0. The van der Waals surface area contributed by atoms with Crippen molar-refractivity contribution in [3.05, 3.63) is 0 Å². The van der Waals surface area contributed by atoms with E-state index in [0.29, 0.717) is 0 Å². The first kappa shape index (κ1) is 7.64. The Morgan fingerprint density at radius 2 is 1.82 bits per heavy atom. The lowest BCUT2D eigenvalue weighted by molar-refractivity contribution is 0.289. The largest absolute Gasteiger partial charge is 0.0651 e. The zero-order chi connectivity index (χ0) is 7.84. The SMILES string of the molecule is CCC1C(C2CC2)CC[C@@H]1C. The summed E-state index contributed by atoms with van der Waals surface area (Å²) in [5, 5.41) is 0. The van der Waals surface area contributed by atoms with Crippen molar-refractivity contribution >= 4 is 0 Å². The molecule has 0 spiro atoms. The monoisotopic (exact) mass is 152 g/mol. The van der Waals surface area contributed by atoms with Crippen LogP contribution >= 0.6 is 0 Å². The second-order valence-corrected chi connectivity index (χ2v) is 4.63. The van der Waals surface area contributed by atoms with E-state index in [1.165, 1.54) is 12.8 Å². The molecule has 11 heavy (non-hydrogen) atoms. The van der Waals surface area contributed by atoms with Gasteiger partial charge in [-0.25, -0.2) is 0 Å². The molecule has 2 unspecified atom stereocenters. The molecular formula is C11H20. The number of hydrogen-bond donors (Lipinski definition) is 0. The maximum absolute atomic E-state index is 2.45. The highest BCUT2D eigenvalue weighted by molar-refractivity contribution is 4.91. The van der Waals surface area contributed by atoms with Crippen molar-refractivity contribution in [1.29, 1.82) is 0 Å². The smallest absolute Gasteiger partial charge is 0.0355 e. The van der Waals surface area contributed by atoms with Gasteiger partial charge in [-0.15, -0.1) is 0 Å². The van der Waals surface area contributed by atoms with E-state index in [2.05, 4.69) is 13.8 Å². The maximum atomic E-state index is 2.45. The zero-order valence-corrected chi connectivity index (χ0v) is 7.84. The summed E-state index contributed by atoms with van der Waals surface area (Å²) >= 11 is 0. The van der Waals surface area contributed by atoms with Gasteiger partial charge in [-0.05, 0) is 42.9 Å². The lowest BCUT2D eigenvalue weighted by atomic mass is 9.85. The molecule has 2 rings (SSSR count). The Balaban J connectivity index is 1.97. The van der Waals surface area contributed by atoms with E-state index < -0.39 is 0 Å². The average molecular weight is 152 g/mol. The van der Waals surface area contributed by atoms with Gasteiger partial charge < -0.3 is 0 Å². The first-order valence-corrected chi connectivity index (χ1v) is 5.33. The highest BCUT2D eigenvalue weighted by Crippen LogP contribution is 2.51. The molecule has 0 radical (unpaired) electrons. The summed E-state index contributed by atoms with van der Waals surface area (Å²) in [6.45, 7) is 4.83. The molecule has 2 aliphatic rings. The van der Waals surface area contributed by atoms with Crippen molar-refractivity contribution in [2.24, 2.45) is 23.7 Å². The molecule has 0 nitrogen and oxygen atoms in total. The topological polar surface area (TPSA) is 0 Å². The van der Waals surface area contributed by atoms with Crippen molar-refractivity contribution < 1.29 is 0 Å². The quantitative estimate of drug-likeness (QED) is 0.568. The fraction of sp³-hybridized carbons (Fsp3) is 1.00. The highest BCUT2D eigenvalue weighted by atomic mass is 14.5. The molecule has 0 aliphatic heterocycles. The second kappa shape index (κ2) is 2.80. The second-order valence-electron chi connectivity index (χ2n) is 4.63. The fourth-order valence-electron chi connectivity index (χ4n) is 3.12. The molecular weight excluding hydrogens is 132 g/mol. The van der Waals surface area contributed by atoms with Gasteiger partial charge in [0.15, 0.2) is 0 Å². The Labute approximate surface area is 70.4 Å². The van der Waals surface area contributed by atoms with Crippen LogP contribution in [0.5, 0.6) is 0 Å². The van der Waals surface area contributed by atoms with Crippen LogP contribution in [0.1, 0.15) is 46.0 Å². The molecule has 0 amide bonds. The van der Waals surface area contributed by atoms with Gasteiger partial charge in [0.1, 0.15) is 0 Å². The van der Waals surface area contributed by atoms with E-state index in [4.69, 9.17) is 0 Å². The van der Waals surface area contributed by atoms with E-state index >= 15 is 0 Å². The predicted molar refractivity (Wildman–Crippen MR) is 48.4 cm³/mol. The van der Waals surface area contributed by atoms with Crippen LogP contribution in [0, 0.1) is 23.7 Å². The third-order valence-electron chi connectivity index (χ3n) is 3.94. The van der Waals surface area contributed by atoms with Gasteiger partial charge in [-0.1, -0.05) is 26.7 Å². The van der Waals surface area contributed by atoms with Crippen molar-refractivity contribution in [2.45, 2.75) is 46.0 Å². The first-order chi connectivity index (χ1) is 5.33. The molecule has 0 aromatic rings. The molecule has 0 aromatic heterocycles. The van der Waals surface area contributed by atoms with Crippen molar-refractivity contribution in [3.8, 4) is 0 Å². The molecule has 2 saturated carbocycles. The van der Waals surface area contributed by atoms with Crippen LogP contribution in [0.3, 0.4) is 0 Å². The van der Waals surface area contributed by atoms with Crippen LogP contribution in [-0.4, -0.2) is 0 Å². The summed E-state index contributed by atoms with van der Waals surface area (Å²) in [6.07, 6.45) is 7.59. The Morgan fingerprint density at radius 3 is 2.36 bits per heavy atom. The molecule has 0 heterocycles. The third-order valence-corrected chi connectivity index (χ3v) is 3.94. The van der Waals surface area contributed by atoms with Gasteiger partial charge in [0, 0.05) is 0 Å². The van der Waals surface area contributed by atoms with Crippen LogP contribution in [-0.2, 0) is 0 Å². The Kier molecular flexibility index (Phi) is 1.95. The fourth-order valence-corrected chi connectivity index (χ4v) is 3.12. The molecule has 2 fully saturated rings. The first-order valence-electron chi connectivity index (χ1n) is 5.33. The maximum Gasteiger partial charge on any atom is -0.0355 e. The van der Waals surface area contributed by atoms with Gasteiger partial charge in [0.05, 0.1) is 0 Å². The van der Waals surface area contributed by atoms with Crippen LogP contribution in [0.4, 0.5) is 0 Å². The summed E-state index contributed by atoms with van der Waals surface area (Å²) in [4.78, 5) is 0. The Bertz CT molecular complexity index is 135. The Hall–Kier alpha value is 0. The van der Waals surface area contributed by atoms with Gasteiger partial charge in [0.25, 0.3) is 0 Å². The molecule has 64 valence electrons. The lowest BCUT2D eigenvalue weighted by Crippen LogP contribution is -2.13. The molecule has 0 aromatic carbocycles. The summed E-state index contributed by atoms with van der Waals surface area (Å²) in [5.41, 5.74) is 0. The lowest BCUT2D eigenvalue weighted by Gasteiger charge is -2.20. The van der Waals surface area contributed by atoms with E-state index in [9.17, 15) is 0 Å². The van der Waals surface area contributed by atoms with E-state index in [-0.39, 0.29) is 0 Å². The Morgan fingerprint density at radius 1 is 1.09 bits per heavy atom. The molecule has 0 N–H and O–H groups in total. The van der Waals surface area contributed by atoms with E-state index in [1.54, 1.807) is 19.3 Å². The summed E-state index contributed by atoms with van der Waals surface area (Å²) < 4.78 is 0. The van der Waals surface area contributed by atoms with Gasteiger partial charge in [-0.2, -0.15) is 0 Å². The minimum atomic E-state index is 1.03. The van der Waals surface area contributed by atoms with Crippen molar-refractivity contribution in [2.75, 3.05) is 0 Å². The van der Waals surface area contributed by atoms with Crippen LogP contribution < -0.4 is 0 Å². The average Bonchev–Trinajstić information content (AvgIpc) is 2.76. The molecule has 0 heteroatoms. The van der Waals surface area contributed by atoms with Gasteiger partial charge in [0.2, 0.25) is 0 Å². The molecule has 0 saturated heterocycles. The van der Waals surface area contributed by atoms with Crippen molar-refractivity contribution in [1.82, 2.24) is 0 Å². The number of rotatable bonds is 2. The predicted octanol–water partition coefficient (Wildman–Crippen LogP) is 3.47. The standard InChI is InChI=1S/C11H20/c1-3-10-8(2)4-7-11(10)9-5-6-9/h8-11H,3-7H2,1-2H3/t8-,10?,11?/m0/s1. The molecule has 3 atom stereocenters. The summed E-state index contributed by atoms with van der Waals surface area (Å²) in [7, 11) is 0. The van der Waals surface area contributed by atoms with Gasteiger partial charge in [-0.3, -0.25) is 0 Å². The van der Waals surface area contributed by atoms with Crippen molar-refractivity contribution in [3.63, 3.8) is 0 Å². The van der Waals surface area contributed by atoms with Crippen LogP contribution in [0.25, 0.3) is 0 Å². The van der Waals surface area contributed by atoms with Gasteiger partial charge >= 0.3 is 0 Å². The highest BCUT2D eigenvalue weighted by Gasteiger charge is 2.41. The van der Waals surface area contributed by atoms with Crippen LogP contribution in [0.2, 0.25) is 0 Å². The van der Waals surface area contributed by atoms with E-state index in [0.717, 1.165) is 23.7 Å². The minimum Gasteiger partial charge on any atom is -0.0651 e.